The van der Waals surface area contributed by atoms with Crippen molar-refractivity contribution in [3.05, 3.63) is 53.3 Å². The third-order valence-corrected chi connectivity index (χ3v) is 5.47. The van der Waals surface area contributed by atoms with E-state index in [1.807, 2.05) is 29.8 Å². The Hall–Kier alpha value is -2.73. The van der Waals surface area contributed by atoms with Gasteiger partial charge in [0.1, 0.15) is 0 Å². The average molecular weight is 392 g/mol. The van der Waals surface area contributed by atoms with E-state index in [0.29, 0.717) is 5.56 Å². The SMILES string of the molecule is Cc1cc(C(=O)Nc2cccc(CN3CCCCC3)c2)c2cnn(C(C)C)c2n1. The van der Waals surface area contributed by atoms with E-state index in [4.69, 9.17) is 0 Å². The lowest BCUT2D eigenvalue weighted by Crippen LogP contribution is -2.29. The van der Waals surface area contributed by atoms with Crippen LogP contribution in [0.25, 0.3) is 11.0 Å². The molecule has 0 unspecified atom stereocenters. The molecule has 0 bridgehead atoms. The molecule has 1 amide bonds. The van der Waals surface area contributed by atoms with Gasteiger partial charge in [0.2, 0.25) is 0 Å². The molecule has 3 aromatic rings. The number of likely N-dealkylation sites (tertiary alicyclic amines) is 1. The smallest absolute Gasteiger partial charge is 0.256 e. The van der Waals surface area contributed by atoms with E-state index in [2.05, 4.69) is 46.3 Å². The summed E-state index contributed by atoms with van der Waals surface area (Å²) in [6.45, 7) is 9.28. The predicted molar refractivity (Wildman–Crippen MR) is 116 cm³/mol. The van der Waals surface area contributed by atoms with Crippen LogP contribution in [0.1, 0.15) is 60.8 Å². The Balaban J connectivity index is 1.56. The van der Waals surface area contributed by atoms with Crippen LogP contribution >= 0.6 is 0 Å². The number of aromatic nitrogens is 3. The lowest BCUT2D eigenvalue weighted by Gasteiger charge is -2.26. The van der Waals surface area contributed by atoms with Crippen molar-refractivity contribution in [2.24, 2.45) is 0 Å². The highest BCUT2D eigenvalue weighted by molar-refractivity contribution is 6.12. The van der Waals surface area contributed by atoms with Crippen LogP contribution in [-0.2, 0) is 6.54 Å². The maximum Gasteiger partial charge on any atom is 0.256 e. The fourth-order valence-electron chi connectivity index (χ4n) is 4.03. The molecule has 1 N–H and O–H groups in total. The van der Waals surface area contributed by atoms with Crippen LogP contribution in [0.15, 0.2) is 36.5 Å². The number of carbonyl (C=O) groups excluding carboxylic acids is 1. The van der Waals surface area contributed by atoms with E-state index in [1.54, 1.807) is 6.20 Å². The zero-order valence-electron chi connectivity index (χ0n) is 17.5. The molecule has 0 saturated carbocycles. The highest BCUT2D eigenvalue weighted by Crippen LogP contribution is 2.23. The third kappa shape index (κ3) is 4.32. The van der Waals surface area contributed by atoms with Crippen molar-refractivity contribution in [1.29, 1.82) is 0 Å². The van der Waals surface area contributed by atoms with Crippen LogP contribution < -0.4 is 5.32 Å². The summed E-state index contributed by atoms with van der Waals surface area (Å²) in [5.74, 6) is -0.126. The number of nitrogens with zero attached hydrogens (tertiary/aromatic N) is 4. The summed E-state index contributed by atoms with van der Waals surface area (Å²) in [6.07, 6.45) is 5.62. The van der Waals surface area contributed by atoms with Crippen LogP contribution in [0.2, 0.25) is 0 Å². The van der Waals surface area contributed by atoms with Crippen molar-refractivity contribution in [3.8, 4) is 0 Å². The number of amides is 1. The Morgan fingerprint density at radius 2 is 1.97 bits per heavy atom. The summed E-state index contributed by atoms with van der Waals surface area (Å²) in [5, 5.41) is 8.29. The van der Waals surface area contributed by atoms with Gasteiger partial charge in [-0.1, -0.05) is 18.6 Å². The van der Waals surface area contributed by atoms with Crippen molar-refractivity contribution < 1.29 is 4.79 Å². The maximum atomic E-state index is 13.1. The van der Waals surface area contributed by atoms with Crippen LogP contribution in [-0.4, -0.2) is 38.7 Å². The lowest BCUT2D eigenvalue weighted by molar-refractivity contribution is 0.102. The summed E-state index contributed by atoms with van der Waals surface area (Å²) < 4.78 is 1.86. The van der Waals surface area contributed by atoms with Gasteiger partial charge in [-0.15, -0.1) is 0 Å². The van der Waals surface area contributed by atoms with Gasteiger partial charge in [-0.25, -0.2) is 9.67 Å². The minimum absolute atomic E-state index is 0.126. The number of nitrogens with one attached hydrogen (secondary N) is 1. The van der Waals surface area contributed by atoms with E-state index in [1.165, 1.54) is 24.8 Å². The minimum atomic E-state index is -0.126. The van der Waals surface area contributed by atoms with Crippen molar-refractivity contribution in [2.75, 3.05) is 18.4 Å². The number of piperidine rings is 1. The first-order valence-electron chi connectivity index (χ1n) is 10.5. The standard InChI is InChI=1S/C23H29N5O/c1-16(2)28-22-21(14-24-28)20(12-17(3)25-22)23(29)26-19-9-7-8-18(13-19)15-27-10-5-4-6-11-27/h7-9,12-14,16H,4-6,10-11,15H2,1-3H3,(H,26,29). The quantitative estimate of drug-likeness (QED) is 0.693. The lowest BCUT2D eigenvalue weighted by atomic mass is 10.1. The number of pyridine rings is 1. The van der Waals surface area contributed by atoms with E-state index in [-0.39, 0.29) is 11.9 Å². The van der Waals surface area contributed by atoms with Gasteiger partial charge in [0.25, 0.3) is 5.91 Å². The van der Waals surface area contributed by atoms with Crippen LogP contribution in [0.4, 0.5) is 5.69 Å². The van der Waals surface area contributed by atoms with E-state index in [0.717, 1.165) is 42.0 Å². The van der Waals surface area contributed by atoms with Crippen LogP contribution in [0, 0.1) is 6.92 Å². The number of anilines is 1. The van der Waals surface area contributed by atoms with Gasteiger partial charge in [-0.05, 0) is 70.5 Å². The summed E-state index contributed by atoms with van der Waals surface area (Å²) >= 11 is 0. The molecule has 6 heteroatoms. The molecule has 4 rings (SSSR count). The van der Waals surface area contributed by atoms with Gasteiger partial charge in [0.15, 0.2) is 5.65 Å². The highest BCUT2D eigenvalue weighted by Gasteiger charge is 2.17. The molecule has 1 saturated heterocycles. The molecular formula is C23H29N5O. The van der Waals surface area contributed by atoms with Crippen molar-refractivity contribution in [1.82, 2.24) is 19.7 Å². The summed E-state index contributed by atoms with van der Waals surface area (Å²) in [6, 6.07) is 10.2. The molecule has 1 aliphatic heterocycles. The zero-order valence-corrected chi connectivity index (χ0v) is 17.5. The molecule has 2 aromatic heterocycles. The third-order valence-electron chi connectivity index (χ3n) is 5.47. The van der Waals surface area contributed by atoms with E-state index < -0.39 is 0 Å². The number of benzene rings is 1. The second-order valence-electron chi connectivity index (χ2n) is 8.22. The predicted octanol–water partition coefficient (Wildman–Crippen LogP) is 4.56. The molecule has 6 nitrogen and oxygen atoms in total. The fraction of sp³-hybridized carbons (Fsp3) is 0.435. The van der Waals surface area contributed by atoms with Gasteiger partial charge in [0, 0.05) is 24.0 Å². The Kier molecular flexibility index (Phi) is 5.62. The van der Waals surface area contributed by atoms with Gasteiger partial charge in [0.05, 0.1) is 17.1 Å². The molecular weight excluding hydrogens is 362 g/mol. The highest BCUT2D eigenvalue weighted by atomic mass is 16.1. The van der Waals surface area contributed by atoms with E-state index >= 15 is 0 Å². The maximum absolute atomic E-state index is 13.1. The number of rotatable bonds is 5. The first-order chi connectivity index (χ1) is 14.0. The van der Waals surface area contributed by atoms with Crippen LogP contribution in [0.5, 0.6) is 0 Å². The Morgan fingerprint density at radius 3 is 2.72 bits per heavy atom. The Morgan fingerprint density at radius 1 is 1.17 bits per heavy atom. The van der Waals surface area contributed by atoms with Gasteiger partial charge >= 0.3 is 0 Å². The number of hydrogen-bond donors (Lipinski definition) is 1. The molecule has 1 aliphatic rings. The summed E-state index contributed by atoms with van der Waals surface area (Å²) in [5.41, 5.74) is 4.23. The minimum Gasteiger partial charge on any atom is -0.322 e. The topological polar surface area (TPSA) is 63.1 Å². The van der Waals surface area contributed by atoms with Crippen molar-refractivity contribution >= 4 is 22.6 Å². The first kappa shape index (κ1) is 19.6. The largest absolute Gasteiger partial charge is 0.322 e. The normalized spacial score (nSPS) is 15.2. The van der Waals surface area contributed by atoms with E-state index in [9.17, 15) is 4.79 Å². The second-order valence-corrected chi connectivity index (χ2v) is 8.22. The summed E-state index contributed by atoms with van der Waals surface area (Å²) in [4.78, 5) is 20.2. The number of aryl methyl sites for hydroxylation is 1. The fourth-order valence-corrected chi connectivity index (χ4v) is 4.03. The zero-order chi connectivity index (χ0) is 20.4. The monoisotopic (exact) mass is 391 g/mol. The van der Waals surface area contributed by atoms with Gasteiger partial charge in [-0.3, -0.25) is 9.69 Å². The van der Waals surface area contributed by atoms with Crippen molar-refractivity contribution in [2.45, 2.75) is 52.6 Å². The van der Waals surface area contributed by atoms with Gasteiger partial charge in [-0.2, -0.15) is 5.10 Å². The molecule has 3 heterocycles. The van der Waals surface area contributed by atoms with Crippen LogP contribution in [0.3, 0.4) is 0 Å². The Bertz CT molecular complexity index is 1020. The molecule has 29 heavy (non-hydrogen) atoms. The molecule has 0 spiro atoms. The molecule has 152 valence electrons. The summed E-state index contributed by atoms with van der Waals surface area (Å²) in [7, 11) is 0. The first-order valence-corrected chi connectivity index (χ1v) is 10.5. The van der Waals surface area contributed by atoms with Crippen molar-refractivity contribution in [3.63, 3.8) is 0 Å². The average Bonchev–Trinajstić information content (AvgIpc) is 3.12. The second kappa shape index (κ2) is 8.33. The molecule has 1 fully saturated rings. The Labute approximate surface area is 171 Å². The molecule has 0 atom stereocenters. The molecule has 1 aromatic carbocycles. The number of hydrogen-bond acceptors (Lipinski definition) is 4. The number of carbonyl (C=O) groups is 1. The number of fused-ring (bicyclic) bond motifs is 1. The molecule has 0 radical (unpaired) electrons. The molecule has 0 aliphatic carbocycles. The van der Waals surface area contributed by atoms with Gasteiger partial charge < -0.3 is 5.32 Å².